The predicted molar refractivity (Wildman–Crippen MR) is 98.9 cm³/mol. The molecule has 132 valence electrons. The lowest BCUT2D eigenvalue weighted by Crippen LogP contribution is -2.08. The van der Waals surface area contributed by atoms with Crippen molar-refractivity contribution in [1.82, 2.24) is 0 Å². The van der Waals surface area contributed by atoms with E-state index in [1.54, 1.807) is 12.1 Å². The molecule has 0 saturated carbocycles. The number of rotatable bonds is 5. The molecule has 1 aliphatic carbocycles. The Balaban J connectivity index is 2.11. The van der Waals surface area contributed by atoms with Crippen molar-refractivity contribution in [3.05, 3.63) is 70.7 Å². The van der Waals surface area contributed by atoms with Gasteiger partial charge in [0.05, 0.1) is 0 Å². The van der Waals surface area contributed by atoms with E-state index in [-0.39, 0.29) is 17.4 Å². The summed E-state index contributed by atoms with van der Waals surface area (Å²) >= 11 is 0. The van der Waals surface area contributed by atoms with Crippen LogP contribution in [0.5, 0.6) is 5.75 Å². The molecule has 0 amide bonds. The van der Waals surface area contributed by atoms with E-state index >= 15 is 0 Å². The van der Waals surface area contributed by atoms with Crippen molar-refractivity contribution in [3.8, 4) is 5.75 Å². The summed E-state index contributed by atoms with van der Waals surface area (Å²) in [5.74, 6) is 0.370. The zero-order valence-electron chi connectivity index (χ0n) is 14.8. The molecule has 0 saturated heterocycles. The minimum Gasteiger partial charge on any atom is -0.508 e. The van der Waals surface area contributed by atoms with E-state index in [1.807, 2.05) is 38.1 Å². The van der Waals surface area contributed by atoms with E-state index in [2.05, 4.69) is 6.08 Å². The van der Waals surface area contributed by atoms with Gasteiger partial charge < -0.3 is 14.9 Å². The van der Waals surface area contributed by atoms with Crippen molar-refractivity contribution >= 4 is 12.0 Å². The molecule has 0 radical (unpaired) electrons. The number of phenolic OH excluding ortho intramolecular Hbond substituents is 1. The fraction of sp³-hybridized carbons (Fsp3) is 0.286. The molecule has 0 aromatic heterocycles. The van der Waals surface area contributed by atoms with Crippen LogP contribution in [0.3, 0.4) is 0 Å². The number of allylic oxidation sites excluding steroid dienone is 6. The Morgan fingerprint density at radius 2 is 2.04 bits per heavy atom. The highest BCUT2D eigenvalue weighted by atomic mass is 16.5. The van der Waals surface area contributed by atoms with Crippen LogP contribution >= 0.6 is 0 Å². The Labute approximate surface area is 148 Å². The number of aliphatic hydroxyl groups is 1. The van der Waals surface area contributed by atoms with Crippen molar-refractivity contribution in [2.75, 3.05) is 0 Å². The molecule has 1 atom stereocenters. The van der Waals surface area contributed by atoms with Crippen molar-refractivity contribution in [2.45, 2.75) is 33.6 Å². The first-order chi connectivity index (χ1) is 11.8. The number of hydrogen-bond acceptors (Lipinski definition) is 4. The van der Waals surface area contributed by atoms with E-state index in [4.69, 9.17) is 4.74 Å². The number of carbonyl (C=O) groups is 1. The number of esters is 1. The highest BCUT2D eigenvalue weighted by Gasteiger charge is 2.15. The lowest BCUT2D eigenvalue weighted by Gasteiger charge is -2.16. The average molecular weight is 340 g/mol. The molecule has 1 unspecified atom stereocenters. The van der Waals surface area contributed by atoms with Gasteiger partial charge in [0.15, 0.2) is 0 Å². The zero-order valence-corrected chi connectivity index (χ0v) is 14.8. The Bertz CT molecular complexity index is 762. The van der Waals surface area contributed by atoms with Crippen LogP contribution in [0.15, 0.2) is 59.6 Å². The summed E-state index contributed by atoms with van der Waals surface area (Å²) in [6, 6.07) is 5.47. The number of ether oxygens (including phenoxy) is 1. The summed E-state index contributed by atoms with van der Waals surface area (Å²) in [7, 11) is 0. The highest BCUT2D eigenvalue weighted by Crippen LogP contribution is 2.26. The third kappa shape index (κ3) is 5.99. The minimum atomic E-state index is -0.397. The van der Waals surface area contributed by atoms with Gasteiger partial charge in [-0.15, -0.1) is 0 Å². The summed E-state index contributed by atoms with van der Waals surface area (Å²) in [4.78, 5) is 11.1. The molecule has 2 rings (SSSR count). The van der Waals surface area contributed by atoms with Crippen LogP contribution < -0.4 is 0 Å². The first kappa shape index (κ1) is 18.6. The summed E-state index contributed by atoms with van der Waals surface area (Å²) in [6.07, 6.45) is 10.3. The van der Waals surface area contributed by atoms with Gasteiger partial charge in [0.1, 0.15) is 17.3 Å². The smallest absolute Gasteiger partial charge is 0.307 e. The topological polar surface area (TPSA) is 66.8 Å². The molecule has 4 heteroatoms. The fourth-order valence-corrected chi connectivity index (χ4v) is 2.58. The SMILES string of the molecule is CC(=O)OC1=CC(O)=CC(C=Cc2ccc(O)c(CC=C(C)C)c2)C1. The van der Waals surface area contributed by atoms with Crippen molar-refractivity contribution in [3.63, 3.8) is 0 Å². The van der Waals surface area contributed by atoms with Gasteiger partial charge in [0.2, 0.25) is 0 Å². The van der Waals surface area contributed by atoms with Crippen molar-refractivity contribution in [1.29, 1.82) is 0 Å². The van der Waals surface area contributed by atoms with E-state index in [9.17, 15) is 15.0 Å². The Morgan fingerprint density at radius 1 is 1.28 bits per heavy atom. The van der Waals surface area contributed by atoms with Crippen LogP contribution in [0.2, 0.25) is 0 Å². The quantitative estimate of drug-likeness (QED) is 0.595. The summed E-state index contributed by atoms with van der Waals surface area (Å²) in [5.41, 5.74) is 3.03. The predicted octanol–water partition coefficient (Wildman–Crippen LogP) is 4.82. The number of aliphatic hydroxyl groups excluding tert-OH is 1. The zero-order chi connectivity index (χ0) is 18.4. The molecule has 0 spiro atoms. The minimum absolute atomic E-state index is 0.0608. The Kier molecular flexibility index (Phi) is 6.23. The van der Waals surface area contributed by atoms with E-state index < -0.39 is 5.97 Å². The van der Waals surface area contributed by atoms with Crippen LogP contribution in [-0.4, -0.2) is 16.2 Å². The van der Waals surface area contributed by atoms with Gasteiger partial charge in [-0.2, -0.15) is 0 Å². The molecular formula is C21H24O4. The second-order valence-corrected chi connectivity index (χ2v) is 6.40. The van der Waals surface area contributed by atoms with Gasteiger partial charge in [-0.1, -0.05) is 29.9 Å². The molecule has 1 aromatic carbocycles. The number of hydrogen-bond donors (Lipinski definition) is 2. The molecular weight excluding hydrogens is 316 g/mol. The molecule has 4 nitrogen and oxygen atoms in total. The monoisotopic (exact) mass is 340 g/mol. The molecule has 1 aromatic rings. The normalized spacial score (nSPS) is 17.0. The first-order valence-corrected chi connectivity index (χ1v) is 8.26. The van der Waals surface area contributed by atoms with E-state index in [0.29, 0.717) is 18.6 Å². The Morgan fingerprint density at radius 3 is 2.72 bits per heavy atom. The number of benzene rings is 1. The van der Waals surface area contributed by atoms with Gasteiger partial charge in [-0.05, 0) is 49.6 Å². The number of carbonyl (C=O) groups excluding carboxylic acids is 1. The summed E-state index contributed by atoms with van der Waals surface area (Å²) < 4.78 is 5.08. The lowest BCUT2D eigenvalue weighted by molar-refractivity contribution is -0.137. The number of phenols is 1. The number of aromatic hydroxyl groups is 1. The standard InChI is InChI=1S/C21H24O4/c1-14(2)4-8-18-10-16(7-9-21(18)24)5-6-17-11-19(23)13-20(12-17)25-15(3)22/h4-7,9-11,13,17,23-24H,8,12H2,1-3H3. The molecule has 0 fully saturated rings. The maximum atomic E-state index is 11.1. The van der Waals surface area contributed by atoms with Gasteiger partial charge >= 0.3 is 5.97 Å². The van der Waals surface area contributed by atoms with Gasteiger partial charge in [0, 0.05) is 25.3 Å². The molecule has 2 N–H and O–H groups in total. The maximum Gasteiger partial charge on any atom is 0.307 e. The van der Waals surface area contributed by atoms with Crippen molar-refractivity contribution in [2.24, 2.45) is 5.92 Å². The molecule has 25 heavy (non-hydrogen) atoms. The van der Waals surface area contributed by atoms with Gasteiger partial charge in [-0.3, -0.25) is 4.79 Å². The molecule has 1 aliphatic rings. The largest absolute Gasteiger partial charge is 0.508 e. The third-order valence-corrected chi connectivity index (χ3v) is 3.78. The van der Waals surface area contributed by atoms with Gasteiger partial charge in [0.25, 0.3) is 0 Å². The van der Waals surface area contributed by atoms with Crippen LogP contribution in [0, 0.1) is 5.92 Å². The fourth-order valence-electron chi connectivity index (χ4n) is 2.58. The van der Waals surface area contributed by atoms with Crippen LogP contribution in [0.1, 0.15) is 38.3 Å². The average Bonchev–Trinajstić information content (AvgIpc) is 2.51. The van der Waals surface area contributed by atoms with Crippen LogP contribution in [0.4, 0.5) is 0 Å². The summed E-state index contributed by atoms with van der Waals surface area (Å²) in [6.45, 7) is 5.39. The lowest BCUT2D eigenvalue weighted by atomic mass is 9.96. The molecule has 0 aliphatic heterocycles. The molecule has 0 heterocycles. The van der Waals surface area contributed by atoms with Crippen LogP contribution in [-0.2, 0) is 16.0 Å². The highest BCUT2D eigenvalue weighted by molar-refractivity contribution is 5.67. The van der Waals surface area contributed by atoms with Crippen LogP contribution in [0.25, 0.3) is 6.08 Å². The van der Waals surface area contributed by atoms with E-state index in [0.717, 1.165) is 11.1 Å². The second kappa shape index (κ2) is 8.38. The molecule has 0 bridgehead atoms. The van der Waals surface area contributed by atoms with Gasteiger partial charge in [-0.25, -0.2) is 0 Å². The summed E-state index contributed by atoms with van der Waals surface area (Å²) in [5, 5.41) is 19.7. The van der Waals surface area contributed by atoms with E-state index in [1.165, 1.54) is 18.6 Å². The third-order valence-electron chi connectivity index (χ3n) is 3.78. The first-order valence-electron chi connectivity index (χ1n) is 8.26. The van der Waals surface area contributed by atoms with Crippen molar-refractivity contribution < 1.29 is 19.7 Å². The second-order valence-electron chi connectivity index (χ2n) is 6.40. The maximum absolute atomic E-state index is 11.1. The Hall–Kier alpha value is -2.75.